The summed E-state index contributed by atoms with van der Waals surface area (Å²) in [4.78, 5) is 118. The second-order valence-electron chi connectivity index (χ2n) is 23.1. The zero-order chi connectivity index (χ0) is 56.6. The summed E-state index contributed by atoms with van der Waals surface area (Å²) in [5.41, 5.74) is 2.28. The molecule has 2 bridgehead atoms. The van der Waals surface area contributed by atoms with Crippen LogP contribution in [0.1, 0.15) is 117 Å². The molecule has 7 rings (SSSR count). The number of nitrogens with zero attached hydrogens (tertiary/aromatic N) is 6. The molecule has 7 amide bonds. The van der Waals surface area contributed by atoms with Crippen molar-refractivity contribution in [1.29, 1.82) is 0 Å². The molecular weight excluding hydrogens is 989 g/mol. The highest BCUT2D eigenvalue weighted by atomic mass is 16.5. The van der Waals surface area contributed by atoms with E-state index in [1.165, 1.54) is 42.8 Å². The van der Waals surface area contributed by atoms with Gasteiger partial charge in [-0.15, -0.1) is 6.58 Å². The number of aromatic nitrogens is 3. The summed E-state index contributed by atoms with van der Waals surface area (Å²) in [6.07, 6.45) is 14.2. The maximum atomic E-state index is 15.6. The van der Waals surface area contributed by atoms with Gasteiger partial charge in [0.25, 0.3) is 0 Å². The highest BCUT2D eigenvalue weighted by molar-refractivity contribution is 5.99. The molecular formula is C60H82N10O8. The van der Waals surface area contributed by atoms with E-state index in [4.69, 9.17) is 4.74 Å². The van der Waals surface area contributed by atoms with Gasteiger partial charge in [-0.25, -0.2) is 4.98 Å². The summed E-state index contributed by atoms with van der Waals surface area (Å²) >= 11 is 0. The molecule has 18 heteroatoms. The fourth-order valence-corrected chi connectivity index (χ4v) is 11.3. The summed E-state index contributed by atoms with van der Waals surface area (Å²) in [6.45, 7) is 17.7. The highest BCUT2D eigenvalue weighted by Gasteiger charge is 2.42. The topological polar surface area (TPSA) is 217 Å². The molecule has 4 heterocycles. The van der Waals surface area contributed by atoms with E-state index < -0.39 is 89.2 Å². The van der Waals surface area contributed by atoms with Crippen molar-refractivity contribution in [3.05, 3.63) is 90.8 Å². The molecule has 0 radical (unpaired) electrons. The average molecular weight is 1070 g/mol. The molecule has 4 aromatic rings. The molecule has 3 aliphatic rings. The number of hydrogen-bond acceptors (Lipinski definition) is 10. The predicted molar refractivity (Wildman–Crippen MR) is 301 cm³/mol. The summed E-state index contributed by atoms with van der Waals surface area (Å²) in [5, 5.41) is 13.6. The quantitative estimate of drug-likeness (QED) is 0.112. The van der Waals surface area contributed by atoms with E-state index in [1.54, 1.807) is 24.4 Å². The standard InChI is InChI=1S/C60H82N10O8/c1-12-60(7,8)70-35-42(43-22-17-18-23-48(43)70)33-47-57(76)68(10)50(28-36(2)3)54(73)63-46(32-40-25-26-41-34-61-59(78-11)66-44(41)31-40)52(71)62-38(6)56(75)67(9)49-24-14-13-19-27-69(58(49)77)51(29-37(4)5)55(74)64-45(53(72)65-47)30-39-20-15-16-21-39/h12-14,17-18,22-23,25-26,31,34-39,45-47,49-51H,1,15-16,19-21,24,27-30,32-33H2,2-11H3,(H,62,71)(H,63,73)(H,64,74)(H,65,72)/b14-13-/t38-,45-,46-,47-,49-,50-,51-/m0/s1. The van der Waals surface area contributed by atoms with Gasteiger partial charge in [0, 0.05) is 62.2 Å². The minimum absolute atomic E-state index is 0.0176. The van der Waals surface area contributed by atoms with E-state index >= 15 is 24.0 Å². The summed E-state index contributed by atoms with van der Waals surface area (Å²) < 4.78 is 7.37. The molecule has 2 aliphatic heterocycles. The number of ether oxygens (including phenoxy) is 1. The van der Waals surface area contributed by atoms with Crippen LogP contribution in [-0.4, -0.2) is 141 Å². The van der Waals surface area contributed by atoms with Crippen molar-refractivity contribution in [1.82, 2.24) is 50.5 Å². The Hall–Kier alpha value is -7.11. The molecule has 2 aromatic heterocycles. The number of carbonyl (C=O) groups excluding carboxylic acids is 7. The first kappa shape index (κ1) is 58.6. The van der Waals surface area contributed by atoms with E-state index in [9.17, 15) is 9.59 Å². The van der Waals surface area contributed by atoms with E-state index in [0.717, 1.165) is 42.1 Å². The van der Waals surface area contributed by atoms with Crippen molar-refractivity contribution >= 4 is 63.2 Å². The molecule has 78 heavy (non-hydrogen) atoms. The van der Waals surface area contributed by atoms with Crippen molar-refractivity contribution in [3.8, 4) is 6.01 Å². The first-order chi connectivity index (χ1) is 37.1. The van der Waals surface area contributed by atoms with Gasteiger partial charge in [-0.1, -0.05) is 102 Å². The van der Waals surface area contributed by atoms with Gasteiger partial charge in [0.1, 0.15) is 42.3 Å². The zero-order valence-electron chi connectivity index (χ0n) is 47.3. The second-order valence-corrected chi connectivity index (χ2v) is 23.1. The van der Waals surface area contributed by atoms with Crippen molar-refractivity contribution in [2.75, 3.05) is 27.7 Å². The Bertz CT molecular complexity index is 2890. The normalized spacial score (nSPS) is 24.6. The molecule has 2 aromatic carbocycles. The number of para-hydroxylation sites is 1. The zero-order valence-corrected chi connectivity index (χ0v) is 47.3. The number of likely N-dealkylation sites (N-methyl/N-ethyl adjacent to an activating group) is 2. The summed E-state index contributed by atoms with van der Waals surface area (Å²) in [7, 11) is 4.51. The van der Waals surface area contributed by atoms with Crippen molar-refractivity contribution in [3.63, 3.8) is 0 Å². The lowest BCUT2D eigenvalue weighted by Gasteiger charge is -2.39. The smallest absolute Gasteiger partial charge is 0.316 e. The number of hydrogen-bond donors (Lipinski definition) is 4. The average Bonchev–Trinajstić information content (AvgIpc) is 4.07. The maximum Gasteiger partial charge on any atom is 0.316 e. The van der Waals surface area contributed by atoms with Crippen LogP contribution in [0.25, 0.3) is 21.8 Å². The molecule has 1 saturated heterocycles. The Morgan fingerprint density at radius 3 is 2.12 bits per heavy atom. The SMILES string of the molecule is C=CC(C)(C)n1cc(C[C@@H]2NC(=O)[C@H](CC3CCCC3)NC(=O)[C@H](CC(C)C)N3CC/C=C\C[C@@H](C3=O)N(C)C(=O)[C@H](C)NC(=O)[C@H](Cc3ccc4cnc(OC)nc4c3)NC(=O)[C@H](CC(C)C)N(C)C2=O)c2ccccc21. The number of fused-ring (bicyclic) bond motifs is 4. The molecule has 1 aliphatic carbocycles. The molecule has 0 unspecified atom stereocenters. The maximum absolute atomic E-state index is 15.6. The van der Waals surface area contributed by atoms with Gasteiger partial charge in [-0.3, -0.25) is 33.6 Å². The molecule has 0 spiro atoms. The Kier molecular flexibility index (Phi) is 19.2. The lowest BCUT2D eigenvalue weighted by atomic mass is 9.95. The highest BCUT2D eigenvalue weighted by Crippen LogP contribution is 2.32. The van der Waals surface area contributed by atoms with Gasteiger partial charge in [-0.2, -0.15) is 4.98 Å². The fraction of sp³-hybridized carbons (Fsp3) is 0.550. The first-order valence-corrected chi connectivity index (χ1v) is 27.8. The lowest BCUT2D eigenvalue weighted by Crippen LogP contribution is -2.61. The van der Waals surface area contributed by atoms with E-state index in [2.05, 4.69) is 42.4 Å². The van der Waals surface area contributed by atoms with Crippen LogP contribution in [0.4, 0.5) is 0 Å². The number of nitrogens with one attached hydrogen (secondary N) is 4. The third kappa shape index (κ3) is 13.8. The lowest BCUT2D eigenvalue weighted by molar-refractivity contribution is -0.150. The number of carbonyl (C=O) groups is 7. The van der Waals surface area contributed by atoms with Gasteiger partial charge < -0.3 is 45.3 Å². The molecule has 18 nitrogen and oxygen atoms in total. The number of allylic oxidation sites excluding steroid dienone is 1. The monoisotopic (exact) mass is 1070 g/mol. The third-order valence-electron chi connectivity index (χ3n) is 15.9. The molecule has 1 saturated carbocycles. The molecule has 420 valence electrons. The van der Waals surface area contributed by atoms with E-state index in [1.807, 2.05) is 90.2 Å². The molecule has 7 atom stereocenters. The fourth-order valence-electron chi connectivity index (χ4n) is 11.3. The Morgan fingerprint density at radius 2 is 1.42 bits per heavy atom. The third-order valence-corrected chi connectivity index (χ3v) is 15.9. The number of amides is 7. The predicted octanol–water partition coefficient (Wildman–Crippen LogP) is 6.15. The van der Waals surface area contributed by atoms with E-state index in [0.29, 0.717) is 29.3 Å². The second kappa shape index (κ2) is 25.6. The number of rotatable bonds is 13. The summed E-state index contributed by atoms with van der Waals surface area (Å²) in [6, 6.07) is 5.34. The largest absolute Gasteiger partial charge is 0.467 e. The Balaban J connectivity index is 1.36. The Labute approximate surface area is 459 Å². The van der Waals surface area contributed by atoms with Crippen LogP contribution in [-0.2, 0) is 51.9 Å². The summed E-state index contributed by atoms with van der Waals surface area (Å²) in [5.74, 6) is -4.02. The van der Waals surface area contributed by atoms with Gasteiger partial charge in [0.05, 0.1) is 18.2 Å². The van der Waals surface area contributed by atoms with Crippen molar-refractivity contribution in [2.24, 2.45) is 17.8 Å². The number of methoxy groups -OCH3 is 1. The van der Waals surface area contributed by atoms with Crippen LogP contribution in [0, 0.1) is 17.8 Å². The van der Waals surface area contributed by atoms with Crippen LogP contribution in [0.15, 0.2) is 79.7 Å². The molecule has 2 fully saturated rings. The Morgan fingerprint density at radius 1 is 0.769 bits per heavy atom. The minimum atomic E-state index is -1.28. The van der Waals surface area contributed by atoms with Crippen LogP contribution in [0.5, 0.6) is 6.01 Å². The van der Waals surface area contributed by atoms with Crippen molar-refractivity contribution in [2.45, 2.75) is 167 Å². The molecule has 4 N–H and O–H groups in total. The van der Waals surface area contributed by atoms with Crippen LogP contribution in [0.3, 0.4) is 0 Å². The van der Waals surface area contributed by atoms with Crippen LogP contribution in [0.2, 0.25) is 0 Å². The minimum Gasteiger partial charge on any atom is -0.467 e. The van der Waals surface area contributed by atoms with Gasteiger partial charge in [-0.05, 0) is 93.9 Å². The number of benzene rings is 2. The van der Waals surface area contributed by atoms with Crippen molar-refractivity contribution < 1.29 is 38.3 Å². The van der Waals surface area contributed by atoms with Gasteiger partial charge in [0.15, 0.2) is 0 Å². The van der Waals surface area contributed by atoms with Gasteiger partial charge in [0.2, 0.25) is 41.4 Å². The van der Waals surface area contributed by atoms with Crippen LogP contribution >= 0.6 is 0 Å². The van der Waals surface area contributed by atoms with E-state index in [-0.39, 0.29) is 62.4 Å². The van der Waals surface area contributed by atoms with Crippen LogP contribution < -0.4 is 26.0 Å². The van der Waals surface area contributed by atoms with Gasteiger partial charge >= 0.3 is 6.01 Å². The first-order valence-electron chi connectivity index (χ1n) is 27.8.